The van der Waals surface area contributed by atoms with E-state index in [1.807, 2.05) is 0 Å². The molecule has 1 saturated heterocycles. The first kappa shape index (κ1) is 16.8. The molecule has 1 aliphatic rings. The van der Waals surface area contributed by atoms with Gasteiger partial charge >= 0.3 is 0 Å². The molecule has 0 aromatic carbocycles. The first-order valence-corrected chi connectivity index (χ1v) is 8.81. The molecule has 0 bridgehead atoms. The molecule has 0 saturated carbocycles. The van der Waals surface area contributed by atoms with Gasteiger partial charge in [-0.05, 0) is 25.0 Å². The average molecular weight is 347 g/mol. The lowest BCUT2D eigenvalue weighted by atomic mass is 10.1. The van der Waals surface area contributed by atoms with Gasteiger partial charge in [0.05, 0.1) is 12.2 Å². The van der Waals surface area contributed by atoms with Gasteiger partial charge < -0.3 is 15.0 Å². The maximum absolute atomic E-state index is 12.2. The molecule has 128 valence electrons. The molecule has 0 radical (unpaired) electrons. The fraction of sp³-hybridized carbons (Fsp3) is 0.500. The van der Waals surface area contributed by atoms with Crippen LogP contribution < -0.4 is 10.2 Å². The number of aromatic nitrogens is 3. The third-order valence-electron chi connectivity index (χ3n) is 4.01. The van der Waals surface area contributed by atoms with Crippen molar-refractivity contribution in [2.45, 2.75) is 25.3 Å². The highest BCUT2D eigenvalue weighted by Crippen LogP contribution is 2.22. The number of rotatable bonds is 6. The number of carbonyl (C=O) groups is 1. The van der Waals surface area contributed by atoms with E-state index in [1.165, 1.54) is 11.5 Å². The first-order chi connectivity index (χ1) is 11.8. The van der Waals surface area contributed by atoms with Crippen LogP contribution in [0.2, 0.25) is 0 Å². The third kappa shape index (κ3) is 4.27. The van der Waals surface area contributed by atoms with Crippen LogP contribution in [0.1, 0.15) is 29.0 Å². The lowest BCUT2D eigenvalue weighted by Crippen LogP contribution is -2.44. The number of amides is 1. The van der Waals surface area contributed by atoms with E-state index in [-0.39, 0.29) is 11.9 Å². The number of pyridine rings is 1. The average Bonchev–Trinajstić information content (AvgIpc) is 3.10. The fourth-order valence-corrected chi connectivity index (χ4v) is 3.41. The highest BCUT2D eigenvalue weighted by atomic mass is 32.1. The Balaban J connectivity index is 1.49. The minimum atomic E-state index is -0.0562. The smallest absolute Gasteiger partial charge is 0.253 e. The van der Waals surface area contributed by atoms with E-state index < -0.39 is 0 Å². The molecule has 0 aliphatic carbocycles. The molecule has 3 rings (SSSR count). The zero-order chi connectivity index (χ0) is 16.8. The van der Waals surface area contributed by atoms with Crippen molar-refractivity contribution < 1.29 is 9.53 Å². The van der Waals surface area contributed by atoms with Gasteiger partial charge in [0, 0.05) is 56.6 Å². The van der Waals surface area contributed by atoms with Crippen LogP contribution in [-0.2, 0) is 11.2 Å². The van der Waals surface area contributed by atoms with E-state index in [0.29, 0.717) is 12.2 Å². The Bertz CT molecular complexity index is 655. The maximum atomic E-state index is 12.2. The molecule has 1 aliphatic heterocycles. The summed E-state index contributed by atoms with van der Waals surface area (Å²) in [6.07, 6.45) is 5.80. The molecule has 2 aromatic heterocycles. The van der Waals surface area contributed by atoms with Gasteiger partial charge in [-0.15, -0.1) is 0 Å². The van der Waals surface area contributed by atoms with E-state index in [2.05, 4.69) is 24.6 Å². The SMILES string of the molecule is COCCc1nsc(N2CCC(NC(=O)c3cccnc3)CC2)n1. The molecule has 0 atom stereocenters. The first-order valence-electron chi connectivity index (χ1n) is 8.03. The van der Waals surface area contributed by atoms with Crippen molar-refractivity contribution in [3.8, 4) is 0 Å². The largest absolute Gasteiger partial charge is 0.384 e. The van der Waals surface area contributed by atoms with E-state index >= 15 is 0 Å². The summed E-state index contributed by atoms with van der Waals surface area (Å²) in [6.45, 7) is 2.38. The zero-order valence-corrected chi connectivity index (χ0v) is 14.5. The van der Waals surface area contributed by atoms with Crippen molar-refractivity contribution in [2.24, 2.45) is 0 Å². The number of hydrogen-bond donors (Lipinski definition) is 1. The van der Waals surface area contributed by atoms with Crippen molar-refractivity contribution in [2.75, 3.05) is 31.7 Å². The minimum absolute atomic E-state index is 0.0562. The molecule has 0 spiro atoms. The summed E-state index contributed by atoms with van der Waals surface area (Å²) in [5.41, 5.74) is 0.604. The Kier molecular flexibility index (Phi) is 5.71. The number of carbonyl (C=O) groups excluding carboxylic acids is 1. The van der Waals surface area contributed by atoms with Gasteiger partial charge in [-0.2, -0.15) is 4.37 Å². The van der Waals surface area contributed by atoms with Crippen LogP contribution in [0.4, 0.5) is 5.13 Å². The molecule has 1 N–H and O–H groups in total. The second kappa shape index (κ2) is 8.16. The van der Waals surface area contributed by atoms with E-state index in [0.717, 1.165) is 43.3 Å². The van der Waals surface area contributed by atoms with E-state index in [4.69, 9.17) is 4.74 Å². The van der Waals surface area contributed by atoms with Crippen LogP contribution in [0.25, 0.3) is 0 Å². The third-order valence-corrected chi connectivity index (χ3v) is 4.83. The summed E-state index contributed by atoms with van der Waals surface area (Å²) in [6, 6.07) is 3.74. The zero-order valence-electron chi connectivity index (χ0n) is 13.6. The van der Waals surface area contributed by atoms with Crippen molar-refractivity contribution in [1.82, 2.24) is 19.7 Å². The molecular formula is C16H21N5O2S. The molecule has 3 heterocycles. The lowest BCUT2D eigenvalue weighted by molar-refractivity contribution is 0.0930. The number of hydrogen-bond acceptors (Lipinski definition) is 7. The summed E-state index contributed by atoms with van der Waals surface area (Å²) < 4.78 is 9.42. The monoisotopic (exact) mass is 347 g/mol. The Hall–Kier alpha value is -2.06. The van der Waals surface area contributed by atoms with Gasteiger partial charge in [0.15, 0.2) is 0 Å². The number of anilines is 1. The number of piperidine rings is 1. The molecule has 0 unspecified atom stereocenters. The molecule has 24 heavy (non-hydrogen) atoms. The van der Waals surface area contributed by atoms with Crippen LogP contribution >= 0.6 is 11.5 Å². The molecule has 1 amide bonds. The number of methoxy groups -OCH3 is 1. The Morgan fingerprint density at radius 1 is 1.46 bits per heavy atom. The summed E-state index contributed by atoms with van der Waals surface area (Å²) in [7, 11) is 1.68. The summed E-state index contributed by atoms with van der Waals surface area (Å²) >= 11 is 1.43. The Morgan fingerprint density at radius 2 is 2.29 bits per heavy atom. The molecule has 8 heteroatoms. The van der Waals surface area contributed by atoms with Crippen LogP contribution in [0.15, 0.2) is 24.5 Å². The number of ether oxygens (including phenoxy) is 1. The van der Waals surface area contributed by atoms with Crippen LogP contribution in [0.5, 0.6) is 0 Å². The molecule has 1 fully saturated rings. The van der Waals surface area contributed by atoms with Crippen LogP contribution in [0, 0.1) is 0 Å². The van der Waals surface area contributed by atoms with Gasteiger partial charge in [0.2, 0.25) is 5.13 Å². The lowest BCUT2D eigenvalue weighted by Gasteiger charge is -2.31. The predicted octanol–water partition coefficient (Wildman–Crippen LogP) is 1.52. The highest BCUT2D eigenvalue weighted by Gasteiger charge is 2.23. The van der Waals surface area contributed by atoms with Crippen LogP contribution in [0.3, 0.4) is 0 Å². The van der Waals surface area contributed by atoms with Crippen molar-refractivity contribution in [3.63, 3.8) is 0 Å². The number of nitrogens with zero attached hydrogens (tertiary/aromatic N) is 4. The Labute approximate surface area is 145 Å². The Morgan fingerprint density at radius 3 is 3.00 bits per heavy atom. The van der Waals surface area contributed by atoms with Gasteiger partial charge in [0.1, 0.15) is 5.82 Å². The topological polar surface area (TPSA) is 80.2 Å². The van der Waals surface area contributed by atoms with Gasteiger partial charge in [-0.25, -0.2) is 4.98 Å². The van der Waals surface area contributed by atoms with Crippen molar-refractivity contribution >= 4 is 22.6 Å². The van der Waals surface area contributed by atoms with E-state index in [9.17, 15) is 4.79 Å². The van der Waals surface area contributed by atoms with Crippen LogP contribution in [-0.4, -0.2) is 53.1 Å². The molecule has 7 nitrogen and oxygen atoms in total. The van der Waals surface area contributed by atoms with Gasteiger partial charge in [-0.1, -0.05) is 0 Å². The van der Waals surface area contributed by atoms with E-state index in [1.54, 1.807) is 31.6 Å². The van der Waals surface area contributed by atoms with Gasteiger partial charge in [0.25, 0.3) is 5.91 Å². The molecular weight excluding hydrogens is 326 g/mol. The summed E-state index contributed by atoms with van der Waals surface area (Å²) in [4.78, 5) is 23.0. The predicted molar refractivity (Wildman–Crippen MR) is 92.4 cm³/mol. The molecule has 2 aromatic rings. The van der Waals surface area contributed by atoms with Crippen molar-refractivity contribution in [1.29, 1.82) is 0 Å². The highest BCUT2D eigenvalue weighted by molar-refractivity contribution is 7.09. The summed E-state index contributed by atoms with van der Waals surface area (Å²) in [5, 5.41) is 4.04. The second-order valence-electron chi connectivity index (χ2n) is 5.71. The maximum Gasteiger partial charge on any atom is 0.253 e. The summed E-state index contributed by atoms with van der Waals surface area (Å²) in [5.74, 6) is 0.781. The minimum Gasteiger partial charge on any atom is -0.384 e. The normalized spacial score (nSPS) is 15.5. The fourth-order valence-electron chi connectivity index (χ4n) is 2.65. The standard InChI is InChI=1S/C16H21N5O2S/c1-23-10-6-14-19-16(24-20-14)21-8-4-13(5-9-21)18-15(22)12-3-2-7-17-11-12/h2-3,7,11,13H,4-6,8-10H2,1H3,(H,18,22). The quantitative estimate of drug-likeness (QED) is 0.853. The second-order valence-corrected chi connectivity index (χ2v) is 6.44. The van der Waals surface area contributed by atoms with Crippen molar-refractivity contribution in [3.05, 3.63) is 35.9 Å². The number of nitrogens with one attached hydrogen (secondary N) is 1. The van der Waals surface area contributed by atoms with Gasteiger partial charge in [-0.3, -0.25) is 9.78 Å².